The highest BCUT2D eigenvalue weighted by atomic mass is 16.6. The Morgan fingerprint density at radius 2 is 1.86 bits per heavy atom. The minimum Gasteiger partial charge on any atom is -0.444 e. The van der Waals surface area contributed by atoms with E-state index in [0.29, 0.717) is 18.9 Å². The molecule has 156 valence electrons. The molecule has 1 aliphatic heterocycles. The van der Waals surface area contributed by atoms with E-state index in [-0.39, 0.29) is 31.4 Å². The van der Waals surface area contributed by atoms with Gasteiger partial charge in [-0.1, -0.05) is 25.7 Å². The number of nitriles is 1. The zero-order valence-electron chi connectivity index (χ0n) is 17.2. The van der Waals surface area contributed by atoms with Crippen molar-refractivity contribution in [3.8, 4) is 6.07 Å². The van der Waals surface area contributed by atoms with Gasteiger partial charge in [0, 0.05) is 19.5 Å². The standard InChI is InChI=1S/C20H32N4O4/c1-20(2,3)28-19(27)23-10-11-24(16(12-21)14-23)18(26)13-22-17(25)9-8-15-6-4-5-7-15/h15-16H,4-11,13-14H2,1-3H3,(H,22,25)/t16-/m0/s1. The van der Waals surface area contributed by atoms with Gasteiger partial charge in [0.1, 0.15) is 11.6 Å². The highest BCUT2D eigenvalue weighted by molar-refractivity contribution is 5.85. The summed E-state index contributed by atoms with van der Waals surface area (Å²) in [6.07, 6.45) is 5.70. The van der Waals surface area contributed by atoms with E-state index in [4.69, 9.17) is 4.74 Å². The number of nitrogens with one attached hydrogen (secondary N) is 1. The fourth-order valence-corrected chi connectivity index (χ4v) is 3.68. The van der Waals surface area contributed by atoms with Crippen LogP contribution in [-0.2, 0) is 14.3 Å². The van der Waals surface area contributed by atoms with Gasteiger partial charge >= 0.3 is 6.09 Å². The first kappa shape index (κ1) is 22.0. The van der Waals surface area contributed by atoms with Crippen LogP contribution >= 0.6 is 0 Å². The fraction of sp³-hybridized carbons (Fsp3) is 0.800. The van der Waals surface area contributed by atoms with Gasteiger partial charge in [-0.25, -0.2) is 4.79 Å². The topological polar surface area (TPSA) is 103 Å². The van der Waals surface area contributed by atoms with Gasteiger partial charge in [0.15, 0.2) is 0 Å². The average molecular weight is 393 g/mol. The van der Waals surface area contributed by atoms with Crippen molar-refractivity contribution in [1.82, 2.24) is 15.1 Å². The molecule has 1 N–H and O–H groups in total. The molecule has 8 heteroatoms. The highest BCUT2D eigenvalue weighted by Gasteiger charge is 2.34. The van der Waals surface area contributed by atoms with Gasteiger partial charge in [-0.05, 0) is 33.1 Å². The molecule has 1 atom stereocenters. The SMILES string of the molecule is CC(C)(C)OC(=O)N1CCN(C(=O)CNC(=O)CCC2CCCC2)[C@@H](C#N)C1. The minimum absolute atomic E-state index is 0.104. The van der Waals surface area contributed by atoms with E-state index in [9.17, 15) is 19.6 Å². The van der Waals surface area contributed by atoms with Gasteiger partial charge < -0.3 is 19.9 Å². The van der Waals surface area contributed by atoms with E-state index in [1.54, 1.807) is 20.8 Å². The third-order valence-electron chi connectivity index (χ3n) is 5.19. The second-order valence-corrected chi connectivity index (χ2v) is 8.62. The Kier molecular flexibility index (Phi) is 7.67. The molecular formula is C20H32N4O4. The molecule has 1 aliphatic carbocycles. The molecule has 0 unspecified atom stereocenters. The smallest absolute Gasteiger partial charge is 0.410 e. The Bertz CT molecular complexity index is 617. The number of carbonyl (C=O) groups excluding carboxylic acids is 3. The second kappa shape index (κ2) is 9.76. The Hall–Kier alpha value is -2.30. The summed E-state index contributed by atoms with van der Waals surface area (Å²) in [5.74, 6) is 0.205. The first-order valence-electron chi connectivity index (χ1n) is 10.1. The lowest BCUT2D eigenvalue weighted by atomic mass is 10.0. The normalized spacial score (nSPS) is 20.6. The monoisotopic (exact) mass is 392 g/mol. The molecule has 1 saturated carbocycles. The molecule has 1 saturated heterocycles. The number of nitrogens with zero attached hydrogens (tertiary/aromatic N) is 3. The zero-order valence-corrected chi connectivity index (χ0v) is 17.2. The summed E-state index contributed by atoms with van der Waals surface area (Å²) in [6, 6.07) is 1.33. The van der Waals surface area contributed by atoms with E-state index >= 15 is 0 Å². The van der Waals surface area contributed by atoms with Crippen molar-refractivity contribution in [2.75, 3.05) is 26.2 Å². The van der Waals surface area contributed by atoms with Crippen LogP contribution in [0.15, 0.2) is 0 Å². The molecule has 3 amide bonds. The Balaban J connectivity index is 1.77. The Morgan fingerprint density at radius 3 is 2.46 bits per heavy atom. The first-order valence-corrected chi connectivity index (χ1v) is 10.1. The summed E-state index contributed by atoms with van der Waals surface area (Å²) in [4.78, 5) is 39.5. The third-order valence-corrected chi connectivity index (χ3v) is 5.19. The van der Waals surface area contributed by atoms with Crippen LogP contribution in [-0.4, -0.2) is 65.5 Å². The molecule has 2 fully saturated rings. The predicted molar refractivity (Wildman–Crippen MR) is 103 cm³/mol. The van der Waals surface area contributed by atoms with Crippen molar-refractivity contribution in [3.63, 3.8) is 0 Å². The lowest BCUT2D eigenvalue weighted by Gasteiger charge is -2.38. The molecule has 8 nitrogen and oxygen atoms in total. The van der Waals surface area contributed by atoms with Gasteiger partial charge in [-0.15, -0.1) is 0 Å². The summed E-state index contributed by atoms with van der Waals surface area (Å²) in [6.45, 7) is 5.87. The minimum atomic E-state index is -0.746. The second-order valence-electron chi connectivity index (χ2n) is 8.62. The number of amides is 3. The van der Waals surface area contributed by atoms with E-state index in [1.165, 1.54) is 35.5 Å². The average Bonchev–Trinajstić information content (AvgIpc) is 3.16. The molecule has 0 aromatic heterocycles. The van der Waals surface area contributed by atoms with Crippen LogP contribution in [0, 0.1) is 17.2 Å². The number of carbonyl (C=O) groups is 3. The number of piperazine rings is 1. The van der Waals surface area contributed by atoms with E-state index in [0.717, 1.165) is 6.42 Å². The predicted octanol–water partition coefficient (Wildman–Crippen LogP) is 2.04. The number of rotatable bonds is 5. The van der Waals surface area contributed by atoms with Crippen molar-refractivity contribution < 1.29 is 19.1 Å². The molecule has 28 heavy (non-hydrogen) atoms. The van der Waals surface area contributed by atoms with E-state index in [2.05, 4.69) is 11.4 Å². The van der Waals surface area contributed by atoms with Gasteiger partial charge in [-0.2, -0.15) is 5.26 Å². The molecule has 0 radical (unpaired) electrons. The van der Waals surface area contributed by atoms with Crippen molar-refractivity contribution >= 4 is 17.9 Å². The van der Waals surface area contributed by atoms with Crippen molar-refractivity contribution in [3.05, 3.63) is 0 Å². The van der Waals surface area contributed by atoms with Gasteiger partial charge in [0.05, 0.1) is 19.2 Å². The molecule has 0 aromatic carbocycles. The molecule has 0 bridgehead atoms. The summed E-state index contributed by atoms with van der Waals surface area (Å²) in [5, 5.41) is 12.1. The van der Waals surface area contributed by atoms with Crippen LogP contribution in [0.3, 0.4) is 0 Å². The van der Waals surface area contributed by atoms with Crippen LogP contribution in [0.4, 0.5) is 4.79 Å². The third kappa shape index (κ3) is 6.70. The number of hydrogen-bond acceptors (Lipinski definition) is 5. The lowest BCUT2D eigenvalue weighted by Crippen LogP contribution is -2.58. The molecule has 2 rings (SSSR count). The summed E-state index contributed by atoms with van der Waals surface area (Å²) < 4.78 is 5.33. The Labute approximate surface area is 167 Å². The maximum Gasteiger partial charge on any atom is 0.410 e. The fourth-order valence-electron chi connectivity index (χ4n) is 3.68. The van der Waals surface area contributed by atoms with Crippen molar-refractivity contribution in [2.24, 2.45) is 5.92 Å². The maximum absolute atomic E-state index is 12.5. The first-order chi connectivity index (χ1) is 13.2. The molecule has 0 spiro atoms. The molecule has 2 aliphatic rings. The number of hydrogen-bond donors (Lipinski definition) is 1. The molecule has 1 heterocycles. The number of ether oxygens (including phenoxy) is 1. The van der Waals surface area contributed by atoms with Crippen molar-refractivity contribution in [1.29, 1.82) is 5.26 Å². The maximum atomic E-state index is 12.5. The summed E-state index contributed by atoms with van der Waals surface area (Å²) in [7, 11) is 0. The van der Waals surface area contributed by atoms with Crippen LogP contribution in [0.25, 0.3) is 0 Å². The quantitative estimate of drug-likeness (QED) is 0.771. The van der Waals surface area contributed by atoms with Crippen molar-refractivity contribution in [2.45, 2.75) is 70.9 Å². The van der Waals surface area contributed by atoms with Crippen LogP contribution < -0.4 is 5.32 Å². The Morgan fingerprint density at radius 1 is 1.18 bits per heavy atom. The highest BCUT2D eigenvalue weighted by Crippen LogP contribution is 2.28. The van der Waals surface area contributed by atoms with E-state index < -0.39 is 17.7 Å². The van der Waals surface area contributed by atoms with Gasteiger partial charge in [0.2, 0.25) is 11.8 Å². The van der Waals surface area contributed by atoms with Crippen LogP contribution in [0.1, 0.15) is 59.3 Å². The van der Waals surface area contributed by atoms with Crippen LogP contribution in [0.2, 0.25) is 0 Å². The molecular weight excluding hydrogens is 360 g/mol. The summed E-state index contributed by atoms with van der Waals surface area (Å²) in [5.41, 5.74) is -0.616. The zero-order chi connectivity index (χ0) is 20.7. The van der Waals surface area contributed by atoms with Gasteiger partial charge in [-0.3, -0.25) is 9.59 Å². The van der Waals surface area contributed by atoms with Crippen LogP contribution in [0.5, 0.6) is 0 Å². The van der Waals surface area contributed by atoms with Gasteiger partial charge in [0.25, 0.3) is 0 Å². The summed E-state index contributed by atoms with van der Waals surface area (Å²) >= 11 is 0. The largest absolute Gasteiger partial charge is 0.444 e. The lowest BCUT2D eigenvalue weighted by molar-refractivity contribution is -0.135. The molecule has 0 aromatic rings. The van der Waals surface area contributed by atoms with E-state index in [1.807, 2.05) is 0 Å².